The highest BCUT2D eigenvalue weighted by Crippen LogP contribution is 2.38. The summed E-state index contributed by atoms with van der Waals surface area (Å²) in [6.07, 6.45) is 21.0. The van der Waals surface area contributed by atoms with Gasteiger partial charge in [0.05, 0.1) is 5.56 Å². The van der Waals surface area contributed by atoms with Crippen LogP contribution in [0.4, 0.5) is 0 Å². The first kappa shape index (κ1) is 24.3. The van der Waals surface area contributed by atoms with Crippen LogP contribution in [0.1, 0.15) is 138 Å². The van der Waals surface area contributed by atoms with E-state index in [0.29, 0.717) is 5.92 Å². The normalized spacial score (nSPS) is 26.5. The van der Waals surface area contributed by atoms with Crippen LogP contribution in [0.2, 0.25) is 0 Å². The van der Waals surface area contributed by atoms with Crippen molar-refractivity contribution in [2.24, 2.45) is 11.8 Å². The number of unbranched alkanes of at least 4 members (excludes halogenated alkanes) is 4. The Labute approximate surface area is 191 Å². The van der Waals surface area contributed by atoms with Gasteiger partial charge in [-0.05, 0) is 86.8 Å². The van der Waals surface area contributed by atoms with Crippen molar-refractivity contribution in [3.05, 3.63) is 35.4 Å². The Balaban J connectivity index is 1.38. The van der Waals surface area contributed by atoms with Gasteiger partial charge in [0.15, 0.2) is 0 Å². The SMILES string of the molecule is CCCCCCC1CCC(c2ccc(C(=O)OC3CCC(CCCC)CC3)cc2)CC1. The third kappa shape index (κ3) is 7.95. The van der Waals surface area contributed by atoms with Crippen LogP contribution in [-0.2, 0) is 4.74 Å². The van der Waals surface area contributed by atoms with Crippen molar-refractivity contribution in [3.63, 3.8) is 0 Å². The molecule has 31 heavy (non-hydrogen) atoms. The minimum atomic E-state index is -0.126. The first-order valence-corrected chi connectivity index (χ1v) is 13.5. The summed E-state index contributed by atoms with van der Waals surface area (Å²) in [5.74, 6) is 2.34. The first-order chi connectivity index (χ1) is 15.2. The van der Waals surface area contributed by atoms with Crippen molar-refractivity contribution in [1.82, 2.24) is 0 Å². The van der Waals surface area contributed by atoms with E-state index in [1.165, 1.54) is 95.5 Å². The predicted octanol–water partition coefficient (Wildman–Crippen LogP) is 8.84. The van der Waals surface area contributed by atoms with E-state index in [1.54, 1.807) is 0 Å². The van der Waals surface area contributed by atoms with Gasteiger partial charge >= 0.3 is 5.97 Å². The highest BCUT2D eigenvalue weighted by atomic mass is 16.5. The molecule has 0 unspecified atom stereocenters. The number of hydrogen-bond acceptors (Lipinski definition) is 2. The average molecular weight is 427 g/mol. The molecule has 0 N–H and O–H groups in total. The van der Waals surface area contributed by atoms with Gasteiger partial charge in [-0.1, -0.05) is 77.3 Å². The number of carbonyl (C=O) groups is 1. The molecule has 2 aliphatic carbocycles. The van der Waals surface area contributed by atoms with Gasteiger partial charge in [0, 0.05) is 0 Å². The van der Waals surface area contributed by atoms with Crippen molar-refractivity contribution < 1.29 is 9.53 Å². The number of rotatable bonds is 11. The number of ether oxygens (including phenoxy) is 1. The largest absolute Gasteiger partial charge is 0.459 e. The maximum atomic E-state index is 12.6. The molecule has 3 rings (SSSR count). The van der Waals surface area contributed by atoms with E-state index in [0.717, 1.165) is 30.2 Å². The van der Waals surface area contributed by atoms with E-state index in [2.05, 4.69) is 26.0 Å². The summed E-state index contributed by atoms with van der Waals surface area (Å²) >= 11 is 0. The molecule has 0 bridgehead atoms. The highest BCUT2D eigenvalue weighted by molar-refractivity contribution is 5.89. The lowest BCUT2D eigenvalue weighted by Crippen LogP contribution is -2.24. The van der Waals surface area contributed by atoms with E-state index in [-0.39, 0.29) is 12.1 Å². The van der Waals surface area contributed by atoms with Gasteiger partial charge in [0.25, 0.3) is 0 Å². The van der Waals surface area contributed by atoms with Gasteiger partial charge in [0.2, 0.25) is 0 Å². The molecular weight excluding hydrogens is 380 g/mol. The van der Waals surface area contributed by atoms with Crippen molar-refractivity contribution in [2.45, 2.75) is 129 Å². The minimum absolute atomic E-state index is 0.123. The van der Waals surface area contributed by atoms with Crippen LogP contribution in [0.25, 0.3) is 0 Å². The second kappa shape index (κ2) is 13.3. The molecule has 2 heteroatoms. The zero-order valence-electron chi connectivity index (χ0n) is 20.2. The third-order valence-electron chi connectivity index (χ3n) is 7.96. The quantitative estimate of drug-likeness (QED) is 0.261. The molecule has 1 aromatic carbocycles. The molecule has 2 aliphatic rings. The number of esters is 1. The van der Waals surface area contributed by atoms with Crippen molar-refractivity contribution >= 4 is 5.97 Å². The van der Waals surface area contributed by atoms with Crippen LogP contribution in [0.3, 0.4) is 0 Å². The molecule has 2 saturated carbocycles. The summed E-state index contributed by atoms with van der Waals surface area (Å²) in [4.78, 5) is 12.6. The Morgan fingerprint density at radius 2 is 1.32 bits per heavy atom. The van der Waals surface area contributed by atoms with E-state index in [1.807, 2.05) is 12.1 Å². The molecule has 2 fully saturated rings. The van der Waals surface area contributed by atoms with Crippen LogP contribution in [0.15, 0.2) is 24.3 Å². The summed E-state index contributed by atoms with van der Waals surface area (Å²) in [6.45, 7) is 4.55. The fraction of sp³-hybridized carbons (Fsp3) is 0.759. The third-order valence-corrected chi connectivity index (χ3v) is 7.96. The van der Waals surface area contributed by atoms with Crippen LogP contribution in [-0.4, -0.2) is 12.1 Å². The average Bonchev–Trinajstić information content (AvgIpc) is 2.82. The molecule has 0 atom stereocenters. The van der Waals surface area contributed by atoms with Crippen molar-refractivity contribution in [1.29, 1.82) is 0 Å². The number of hydrogen-bond donors (Lipinski definition) is 0. The lowest BCUT2D eigenvalue weighted by molar-refractivity contribution is 0.0161. The zero-order valence-corrected chi connectivity index (χ0v) is 20.2. The molecular formula is C29H46O2. The molecule has 0 aromatic heterocycles. The summed E-state index contributed by atoms with van der Waals surface area (Å²) in [7, 11) is 0. The molecule has 0 saturated heterocycles. The van der Waals surface area contributed by atoms with E-state index in [4.69, 9.17) is 4.74 Å². The summed E-state index contributed by atoms with van der Waals surface area (Å²) < 4.78 is 5.85. The maximum Gasteiger partial charge on any atom is 0.338 e. The van der Waals surface area contributed by atoms with Crippen molar-refractivity contribution in [3.8, 4) is 0 Å². The van der Waals surface area contributed by atoms with Crippen LogP contribution in [0, 0.1) is 11.8 Å². The van der Waals surface area contributed by atoms with Gasteiger partial charge in [0.1, 0.15) is 6.10 Å². The number of carbonyl (C=O) groups excluding carboxylic acids is 1. The second-order valence-corrected chi connectivity index (χ2v) is 10.4. The second-order valence-electron chi connectivity index (χ2n) is 10.4. The maximum absolute atomic E-state index is 12.6. The minimum Gasteiger partial charge on any atom is -0.459 e. The molecule has 0 aliphatic heterocycles. The Morgan fingerprint density at radius 1 is 0.742 bits per heavy atom. The molecule has 1 aromatic rings. The molecule has 0 spiro atoms. The Kier molecular flexibility index (Phi) is 10.4. The van der Waals surface area contributed by atoms with Gasteiger partial charge in [-0.3, -0.25) is 0 Å². The van der Waals surface area contributed by atoms with E-state index < -0.39 is 0 Å². The van der Waals surface area contributed by atoms with E-state index >= 15 is 0 Å². The van der Waals surface area contributed by atoms with Gasteiger partial charge in [-0.25, -0.2) is 4.79 Å². The van der Waals surface area contributed by atoms with Gasteiger partial charge in [-0.15, -0.1) is 0 Å². The standard InChI is InChI=1S/C29H46O2/c1-3-5-7-8-10-24-11-15-25(16-12-24)26-17-19-27(20-18-26)29(30)31-28-21-13-23(14-22-28)9-6-4-2/h17-20,23-25,28H,3-16,21-22H2,1-2H3. The first-order valence-electron chi connectivity index (χ1n) is 13.5. The molecule has 2 nitrogen and oxygen atoms in total. The molecule has 0 radical (unpaired) electrons. The molecule has 174 valence electrons. The predicted molar refractivity (Wildman–Crippen MR) is 131 cm³/mol. The summed E-state index contributed by atoms with van der Waals surface area (Å²) in [6, 6.07) is 8.37. The van der Waals surface area contributed by atoms with Crippen LogP contribution >= 0.6 is 0 Å². The Bertz CT molecular complexity index is 619. The Hall–Kier alpha value is -1.31. The fourth-order valence-electron chi connectivity index (χ4n) is 5.79. The molecule has 0 amide bonds. The van der Waals surface area contributed by atoms with Crippen molar-refractivity contribution in [2.75, 3.05) is 0 Å². The lowest BCUT2D eigenvalue weighted by atomic mass is 9.77. The van der Waals surface area contributed by atoms with Crippen LogP contribution < -0.4 is 0 Å². The van der Waals surface area contributed by atoms with Gasteiger partial charge < -0.3 is 4.74 Å². The lowest BCUT2D eigenvalue weighted by Gasteiger charge is -2.29. The highest BCUT2D eigenvalue weighted by Gasteiger charge is 2.25. The monoisotopic (exact) mass is 426 g/mol. The number of benzene rings is 1. The van der Waals surface area contributed by atoms with Gasteiger partial charge in [-0.2, -0.15) is 0 Å². The zero-order chi connectivity index (χ0) is 21.9. The van der Waals surface area contributed by atoms with Crippen LogP contribution in [0.5, 0.6) is 0 Å². The topological polar surface area (TPSA) is 26.3 Å². The summed E-state index contributed by atoms with van der Waals surface area (Å²) in [5, 5.41) is 0. The smallest absolute Gasteiger partial charge is 0.338 e. The fourth-order valence-corrected chi connectivity index (χ4v) is 5.79. The Morgan fingerprint density at radius 3 is 1.94 bits per heavy atom. The molecule has 0 heterocycles. The summed E-state index contributed by atoms with van der Waals surface area (Å²) in [5.41, 5.74) is 2.14. The van der Waals surface area contributed by atoms with E-state index in [9.17, 15) is 4.79 Å².